The number of hydrogen-bond acceptors (Lipinski definition) is 2. The van der Waals surface area contributed by atoms with Crippen molar-refractivity contribution in [2.45, 2.75) is 44.6 Å². The van der Waals surface area contributed by atoms with E-state index >= 15 is 0 Å². The molecule has 4 aliphatic rings. The standard InChI is InChI=1S/C14H26N2/c1-16(2)13(9-15)14-6-10-3-11(7-14)5-12(4-10)8-14/h10-13H,3-9,15H2,1-2H3. The third kappa shape index (κ3) is 1.53. The molecule has 92 valence electrons. The summed E-state index contributed by atoms with van der Waals surface area (Å²) in [4.78, 5) is 2.40. The van der Waals surface area contributed by atoms with E-state index < -0.39 is 0 Å². The topological polar surface area (TPSA) is 29.3 Å². The lowest BCUT2D eigenvalue weighted by atomic mass is 9.47. The van der Waals surface area contributed by atoms with Gasteiger partial charge in [-0.2, -0.15) is 0 Å². The van der Waals surface area contributed by atoms with E-state index in [1.165, 1.54) is 38.5 Å². The molecule has 0 saturated heterocycles. The summed E-state index contributed by atoms with van der Waals surface area (Å²) < 4.78 is 0. The normalized spacial score (nSPS) is 47.6. The summed E-state index contributed by atoms with van der Waals surface area (Å²) in [6, 6.07) is 0.626. The highest BCUT2D eigenvalue weighted by Crippen LogP contribution is 2.61. The van der Waals surface area contributed by atoms with Crippen molar-refractivity contribution >= 4 is 0 Å². The summed E-state index contributed by atoms with van der Waals surface area (Å²) >= 11 is 0. The molecule has 0 aromatic heterocycles. The molecule has 4 saturated carbocycles. The zero-order valence-corrected chi connectivity index (χ0v) is 10.8. The number of nitrogens with two attached hydrogens (primary N) is 1. The van der Waals surface area contributed by atoms with Gasteiger partial charge in [0, 0.05) is 12.6 Å². The molecule has 4 aliphatic carbocycles. The summed E-state index contributed by atoms with van der Waals surface area (Å²) in [5.41, 5.74) is 6.64. The zero-order chi connectivity index (χ0) is 11.3. The van der Waals surface area contributed by atoms with Crippen LogP contribution >= 0.6 is 0 Å². The fourth-order valence-corrected chi connectivity index (χ4v) is 5.59. The van der Waals surface area contributed by atoms with Crippen LogP contribution in [0.15, 0.2) is 0 Å². The lowest BCUT2D eigenvalue weighted by molar-refractivity contribution is -0.0908. The van der Waals surface area contributed by atoms with Gasteiger partial charge in [0.1, 0.15) is 0 Å². The molecule has 0 heterocycles. The fraction of sp³-hybridized carbons (Fsp3) is 1.00. The molecule has 4 rings (SSSR count). The Bertz CT molecular complexity index is 237. The van der Waals surface area contributed by atoms with E-state index in [0.29, 0.717) is 11.5 Å². The Labute approximate surface area is 99.6 Å². The molecule has 0 aliphatic heterocycles. The maximum Gasteiger partial charge on any atom is 0.0268 e. The van der Waals surface area contributed by atoms with Crippen LogP contribution in [0.25, 0.3) is 0 Å². The van der Waals surface area contributed by atoms with Crippen molar-refractivity contribution < 1.29 is 0 Å². The summed E-state index contributed by atoms with van der Waals surface area (Å²) in [7, 11) is 4.44. The van der Waals surface area contributed by atoms with E-state index in [2.05, 4.69) is 19.0 Å². The molecule has 2 heteroatoms. The Hall–Kier alpha value is -0.0800. The van der Waals surface area contributed by atoms with Gasteiger partial charge >= 0.3 is 0 Å². The van der Waals surface area contributed by atoms with Gasteiger partial charge in [-0.15, -0.1) is 0 Å². The second-order valence-corrected chi connectivity index (χ2v) is 7.00. The first-order chi connectivity index (χ1) is 7.63. The molecule has 1 unspecified atom stereocenters. The van der Waals surface area contributed by atoms with Crippen LogP contribution < -0.4 is 5.73 Å². The third-order valence-electron chi connectivity index (χ3n) is 5.64. The Balaban J connectivity index is 1.87. The number of hydrogen-bond donors (Lipinski definition) is 1. The average molecular weight is 222 g/mol. The Morgan fingerprint density at radius 1 is 1.06 bits per heavy atom. The largest absolute Gasteiger partial charge is 0.329 e. The van der Waals surface area contributed by atoms with E-state index in [0.717, 1.165) is 24.3 Å². The van der Waals surface area contributed by atoms with E-state index in [4.69, 9.17) is 5.73 Å². The minimum atomic E-state index is 0.590. The van der Waals surface area contributed by atoms with Gasteiger partial charge in [-0.25, -0.2) is 0 Å². The second kappa shape index (κ2) is 3.71. The summed E-state index contributed by atoms with van der Waals surface area (Å²) in [6.07, 6.45) is 9.01. The molecule has 0 aromatic rings. The molecule has 2 nitrogen and oxygen atoms in total. The zero-order valence-electron chi connectivity index (χ0n) is 10.8. The molecular formula is C14H26N2. The second-order valence-electron chi connectivity index (χ2n) is 7.00. The van der Waals surface area contributed by atoms with Crippen LogP contribution in [0.5, 0.6) is 0 Å². The molecular weight excluding hydrogens is 196 g/mol. The molecule has 0 spiro atoms. The number of nitrogens with zero attached hydrogens (tertiary/aromatic N) is 1. The summed E-state index contributed by atoms with van der Waals surface area (Å²) in [5, 5.41) is 0. The van der Waals surface area contributed by atoms with Gasteiger partial charge in [-0.3, -0.25) is 0 Å². The number of likely N-dealkylation sites (N-methyl/N-ethyl adjacent to an activating group) is 1. The van der Waals surface area contributed by atoms with Gasteiger partial charge in [0.25, 0.3) is 0 Å². The average Bonchev–Trinajstić information content (AvgIpc) is 2.14. The Morgan fingerprint density at radius 3 is 1.81 bits per heavy atom. The lowest BCUT2D eigenvalue weighted by Crippen LogP contribution is -2.57. The smallest absolute Gasteiger partial charge is 0.0268 e. The van der Waals surface area contributed by atoms with Crippen molar-refractivity contribution in [1.82, 2.24) is 4.90 Å². The van der Waals surface area contributed by atoms with Crippen LogP contribution in [0, 0.1) is 23.2 Å². The molecule has 16 heavy (non-hydrogen) atoms. The van der Waals surface area contributed by atoms with Crippen molar-refractivity contribution in [2.75, 3.05) is 20.6 Å². The Morgan fingerprint density at radius 2 is 1.50 bits per heavy atom. The maximum atomic E-state index is 6.05. The maximum absolute atomic E-state index is 6.05. The van der Waals surface area contributed by atoms with E-state index in [-0.39, 0.29) is 0 Å². The number of rotatable bonds is 3. The van der Waals surface area contributed by atoms with Crippen LogP contribution in [-0.2, 0) is 0 Å². The first kappa shape index (κ1) is 11.0. The van der Waals surface area contributed by atoms with Gasteiger partial charge in [-0.05, 0) is 75.8 Å². The van der Waals surface area contributed by atoms with Gasteiger partial charge in [0.05, 0.1) is 0 Å². The van der Waals surface area contributed by atoms with Crippen molar-refractivity contribution in [3.63, 3.8) is 0 Å². The van der Waals surface area contributed by atoms with E-state index in [1.54, 1.807) is 0 Å². The van der Waals surface area contributed by atoms with Crippen LogP contribution in [0.1, 0.15) is 38.5 Å². The van der Waals surface area contributed by atoms with Gasteiger partial charge < -0.3 is 10.6 Å². The van der Waals surface area contributed by atoms with Crippen LogP contribution in [-0.4, -0.2) is 31.6 Å². The van der Waals surface area contributed by atoms with Crippen LogP contribution in [0.2, 0.25) is 0 Å². The molecule has 2 N–H and O–H groups in total. The molecule has 1 atom stereocenters. The van der Waals surface area contributed by atoms with Crippen molar-refractivity contribution in [3.05, 3.63) is 0 Å². The first-order valence-corrected chi connectivity index (χ1v) is 6.99. The SMILES string of the molecule is CN(C)C(CN)C12CC3CC(CC(C3)C1)C2. The Kier molecular flexibility index (Phi) is 2.56. The summed E-state index contributed by atoms with van der Waals surface area (Å²) in [5.74, 6) is 3.13. The van der Waals surface area contributed by atoms with Crippen LogP contribution in [0.4, 0.5) is 0 Å². The van der Waals surface area contributed by atoms with E-state index in [9.17, 15) is 0 Å². The van der Waals surface area contributed by atoms with Gasteiger partial charge in [0.2, 0.25) is 0 Å². The molecule has 0 aromatic carbocycles. The van der Waals surface area contributed by atoms with E-state index in [1.807, 2.05) is 0 Å². The fourth-order valence-electron chi connectivity index (χ4n) is 5.59. The summed E-state index contributed by atoms with van der Waals surface area (Å²) in [6.45, 7) is 0.846. The molecule has 4 bridgehead atoms. The highest BCUT2D eigenvalue weighted by molar-refractivity contribution is 5.06. The first-order valence-electron chi connectivity index (χ1n) is 6.99. The third-order valence-corrected chi connectivity index (χ3v) is 5.64. The van der Waals surface area contributed by atoms with Crippen molar-refractivity contribution in [2.24, 2.45) is 28.9 Å². The van der Waals surface area contributed by atoms with Crippen molar-refractivity contribution in [3.8, 4) is 0 Å². The predicted octanol–water partition coefficient (Wildman–Crippen LogP) is 2.09. The molecule has 4 fully saturated rings. The van der Waals surface area contributed by atoms with Crippen molar-refractivity contribution in [1.29, 1.82) is 0 Å². The predicted molar refractivity (Wildman–Crippen MR) is 67.1 cm³/mol. The minimum absolute atomic E-state index is 0.590. The van der Waals surface area contributed by atoms with Gasteiger partial charge in [0.15, 0.2) is 0 Å². The molecule has 0 radical (unpaired) electrons. The molecule has 0 amide bonds. The van der Waals surface area contributed by atoms with Crippen LogP contribution in [0.3, 0.4) is 0 Å². The highest BCUT2D eigenvalue weighted by atomic mass is 15.1. The lowest BCUT2D eigenvalue weighted by Gasteiger charge is -2.60. The minimum Gasteiger partial charge on any atom is -0.329 e. The van der Waals surface area contributed by atoms with Gasteiger partial charge in [-0.1, -0.05) is 0 Å². The quantitative estimate of drug-likeness (QED) is 0.792. The monoisotopic (exact) mass is 222 g/mol. The highest BCUT2D eigenvalue weighted by Gasteiger charge is 2.54.